The Bertz CT molecular complexity index is 572. The third-order valence-electron chi connectivity index (χ3n) is 2.43. The standard InChI is InChI=1S/C12H17ClN2O3S/c1-8(7-19(3,17)18)15-12(16)10-6-9(13)4-5-11(10)14-2/h4-6,8,14H,7H2,1-3H3,(H,15,16). The fourth-order valence-electron chi connectivity index (χ4n) is 1.72. The van der Waals surface area contributed by atoms with Crippen LogP contribution in [0, 0.1) is 0 Å². The van der Waals surface area contributed by atoms with E-state index in [0.29, 0.717) is 16.3 Å². The molecule has 1 aromatic carbocycles. The van der Waals surface area contributed by atoms with Crippen molar-refractivity contribution in [3.63, 3.8) is 0 Å². The summed E-state index contributed by atoms with van der Waals surface area (Å²) >= 11 is 5.86. The molecule has 1 amide bonds. The highest BCUT2D eigenvalue weighted by atomic mass is 35.5. The molecule has 0 fully saturated rings. The van der Waals surface area contributed by atoms with Gasteiger partial charge in [0.05, 0.1) is 11.3 Å². The first-order chi connectivity index (χ1) is 8.73. The third kappa shape index (κ3) is 5.08. The SMILES string of the molecule is CNc1ccc(Cl)cc1C(=O)NC(C)CS(C)(=O)=O. The second-order valence-corrected chi connectivity index (χ2v) is 7.03. The summed E-state index contributed by atoms with van der Waals surface area (Å²) in [5, 5.41) is 5.97. The zero-order chi connectivity index (χ0) is 14.6. The number of hydrogen-bond donors (Lipinski definition) is 2. The quantitative estimate of drug-likeness (QED) is 0.865. The lowest BCUT2D eigenvalue weighted by Gasteiger charge is -2.15. The number of anilines is 1. The van der Waals surface area contributed by atoms with Crippen molar-refractivity contribution in [1.29, 1.82) is 0 Å². The zero-order valence-electron chi connectivity index (χ0n) is 11.0. The van der Waals surface area contributed by atoms with Crippen LogP contribution < -0.4 is 10.6 Å². The van der Waals surface area contributed by atoms with E-state index in [4.69, 9.17) is 11.6 Å². The van der Waals surface area contributed by atoms with E-state index in [1.807, 2.05) is 0 Å². The van der Waals surface area contributed by atoms with Crippen LogP contribution in [-0.2, 0) is 9.84 Å². The van der Waals surface area contributed by atoms with Gasteiger partial charge in [0.25, 0.3) is 5.91 Å². The normalized spacial score (nSPS) is 12.8. The monoisotopic (exact) mass is 304 g/mol. The lowest BCUT2D eigenvalue weighted by Crippen LogP contribution is -2.37. The van der Waals surface area contributed by atoms with Crippen LogP contribution in [0.3, 0.4) is 0 Å². The molecule has 0 spiro atoms. The van der Waals surface area contributed by atoms with Crippen LogP contribution >= 0.6 is 11.6 Å². The van der Waals surface area contributed by atoms with Gasteiger partial charge in [-0.25, -0.2) is 8.42 Å². The fourth-order valence-corrected chi connectivity index (χ4v) is 2.88. The Balaban J connectivity index is 2.86. The van der Waals surface area contributed by atoms with Gasteiger partial charge in [0.15, 0.2) is 0 Å². The van der Waals surface area contributed by atoms with Gasteiger partial charge < -0.3 is 10.6 Å². The molecule has 0 bridgehead atoms. The number of halogens is 1. The minimum absolute atomic E-state index is 0.103. The van der Waals surface area contributed by atoms with Crippen molar-refractivity contribution >= 4 is 33.0 Å². The summed E-state index contributed by atoms with van der Waals surface area (Å²) in [7, 11) is -1.44. The van der Waals surface area contributed by atoms with Gasteiger partial charge in [-0.05, 0) is 25.1 Å². The summed E-state index contributed by atoms with van der Waals surface area (Å²) in [6.07, 6.45) is 1.13. The van der Waals surface area contributed by atoms with Crippen LogP contribution in [0.15, 0.2) is 18.2 Å². The number of sulfone groups is 1. The minimum Gasteiger partial charge on any atom is -0.387 e. The minimum atomic E-state index is -3.13. The maximum absolute atomic E-state index is 12.1. The van der Waals surface area contributed by atoms with Crippen molar-refractivity contribution in [2.45, 2.75) is 13.0 Å². The number of carbonyl (C=O) groups excluding carboxylic acids is 1. The van der Waals surface area contributed by atoms with E-state index in [9.17, 15) is 13.2 Å². The molecule has 1 rings (SSSR count). The molecule has 1 unspecified atom stereocenters. The molecule has 0 radical (unpaired) electrons. The Morgan fingerprint density at radius 2 is 2.05 bits per heavy atom. The molecule has 106 valence electrons. The molecule has 0 heterocycles. The van der Waals surface area contributed by atoms with Gasteiger partial charge in [-0.1, -0.05) is 11.6 Å². The van der Waals surface area contributed by atoms with E-state index in [2.05, 4.69) is 10.6 Å². The van der Waals surface area contributed by atoms with Crippen LogP contribution in [0.2, 0.25) is 5.02 Å². The lowest BCUT2D eigenvalue weighted by atomic mass is 10.1. The van der Waals surface area contributed by atoms with Crippen molar-refractivity contribution < 1.29 is 13.2 Å². The van der Waals surface area contributed by atoms with Crippen LogP contribution in [0.25, 0.3) is 0 Å². The van der Waals surface area contributed by atoms with E-state index < -0.39 is 15.9 Å². The van der Waals surface area contributed by atoms with Gasteiger partial charge in [0.1, 0.15) is 9.84 Å². The molecular formula is C12H17ClN2O3S. The molecule has 0 aliphatic rings. The van der Waals surface area contributed by atoms with E-state index >= 15 is 0 Å². The molecule has 0 aliphatic carbocycles. The first-order valence-corrected chi connectivity index (χ1v) is 8.12. The molecule has 19 heavy (non-hydrogen) atoms. The number of amides is 1. The Morgan fingerprint density at radius 1 is 1.42 bits per heavy atom. The molecule has 0 aromatic heterocycles. The summed E-state index contributed by atoms with van der Waals surface area (Å²) in [6, 6.07) is 4.43. The molecule has 1 atom stereocenters. The average Bonchev–Trinajstić information content (AvgIpc) is 2.26. The first kappa shape index (κ1) is 15.8. The van der Waals surface area contributed by atoms with Gasteiger partial charge in [0, 0.05) is 30.1 Å². The van der Waals surface area contributed by atoms with Crippen molar-refractivity contribution in [3.05, 3.63) is 28.8 Å². The number of hydrogen-bond acceptors (Lipinski definition) is 4. The van der Waals surface area contributed by atoms with Crippen molar-refractivity contribution in [3.8, 4) is 0 Å². The van der Waals surface area contributed by atoms with Crippen LogP contribution in [0.1, 0.15) is 17.3 Å². The van der Waals surface area contributed by atoms with E-state index in [1.165, 1.54) is 6.07 Å². The maximum atomic E-state index is 12.1. The maximum Gasteiger partial charge on any atom is 0.253 e. The first-order valence-electron chi connectivity index (χ1n) is 5.69. The Morgan fingerprint density at radius 3 is 2.58 bits per heavy atom. The lowest BCUT2D eigenvalue weighted by molar-refractivity contribution is 0.0944. The molecular weight excluding hydrogens is 288 g/mol. The predicted octanol–water partition coefficient (Wildman–Crippen LogP) is 1.54. The highest BCUT2D eigenvalue weighted by Gasteiger charge is 2.16. The number of carbonyl (C=O) groups is 1. The number of nitrogens with one attached hydrogen (secondary N) is 2. The second-order valence-electron chi connectivity index (χ2n) is 4.41. The molecule has 2 N–H and O–H groups in total. The predicted molar refractivity (Wildman–Crippen MR) is 77.6 cm³/mol. The summed E-state index contributed by atoms with van der Waals surface area (Å²) in [5.74, 6) is -0.461. The van der Waals surface area contributed by atoms with Crippen LogP contribution in [0.4, 0.5) is 5.69 Å². The highest BCUT2D eigenvalue weighted by molar-refractivity contribution is 7.90. The molecule has 0 aliphatic heterocycles. The van der Waals surface area contributed by atoms with Crippen molar-refractivity contribution in [2.75, 3.05) is 24.4 Å². The zero-order valence-corrected chi connectivity index (χ0v) is 12.6. The van der Waals surface area contributed by atoms with Crippen LogP contribution in [0.5, 0.6) is 0 Å². The van der Waals surface area contributed by atoms with Gasteiger partial charge in [-0.15, -0.1) is 0 Å². The highest BCUT2D eigenvalue weighted by Crippen LogP contribution is 2.20. The van der Waals surface area contributed by atoms with Crippen LogP contribution in [-0.4, -0.2) is 39.4 Å². The topological polar surface area (TPSA) is 75.3 Å². The summed E-state index contributed by atoms with van der Waals surface area (Å²) in [6.45, 7) is 1.64. The molecule has 0 saturated carbocycles. The van der Waals surface area contributed by atoms with Gasteiger partial charge in [0.2, 0.25) is 0 Å². The van der Waals surface area contributed by atoms with E-state index in [-0.39, 0.29) is 11.7 Å². The fraction of sp³-hybridized carbons (Fsp3) is 0.417. The summed E-state index contributed by atoms with van der Waals surface area (Å²) in [5.41, 5.74) is 1.02. The summed E-state index contributed by atoms with van der Waals surface area (Å²) in [4.78, 5) is 12.1. The molecule has 5 nitrogen and oxygen atoms in total. The Kier molecular flexibility index (Phi) is 5.20. The van der Waals surface area contributed by atoms with Gasteiger partial charge in [-0.3, -0.25) is 4.79 Å². The largest absolute Gasteiger partial charge is 0.387 e. The molecule has 1 aromatic rings. The van der Waals surface area contributed by atoms with Crippen molar-refractivity contribution in [1.82, 2.24) is 5.32 Å². The van der Waals surface area contributed by atoms with Crippen molar-refractivity contribution in [2.24, 2.45) is 0 Å². The van der Waals surface area contributed by atoms with E-state index in [0.717, 1.165) is 6.26 Å². The van der Waals surface area contributed by atoms with Gasteiger partial charge >= 0.3 is 0 Å². The smallest absolute Gasteiger partial charge is 0.253 e. The Labute approximate surface area is 118 Å². The number of rotatable bonds is 5. The summed E-state index contributed by atoms with van der Waals surface area (Å²) < 4.78 is 22.3. The molecule has 7 heteroatoms. The molecule has 0 saturated heterocycles. The van der Waals surface area contributed by atoms with E-state index in [1.54, 1.807) is 26.1 Å². The van der Waals surface area contributed by atoms with Gasteiger partial charge in [-0.2, -0.15) is 0 Å². The Hall–Kier alpha value is -1.27. The third-order valence-corrected chi connectivity index (χ3v) is 3.77. The second kappa shape index (κ2) is 6.25. The number of benzene rings is 1. The average molecular weight is 305 g/mol.